The maximum Gasteiger partial charge on any atom is 0.180 e. The maximum absolute atomic E-state index is 6.23. The summed E-state index contributed by atoms with van der Waals surface area (Å²) in [7, 11) is 1.59. The van der Waals surface area contributed by atoms with Gasteiger partial charge in [-0.15, -0.1) is 11.3 Å². The fourth-order valence-corrected chi connectivity index (χ4v) is 2.47. The summed E-state index contributed by atoms with van der Waals surface area (Å²) in [4.78, 5) is 5.03. The third-order valence-corrected chi connectivity index (χ3v) is 3.60. The van der Waals surface area contributed by atoms with E-state index in [2.05, 4.69) is 4.98 Å². The van der Waals surface area contributed by atoms with Crippen molar-refractivity contribution >= 4 is 22.9 Å². The van der Waals surface area contributed by atoms with E-state index in [1.807, 2.05) is 12.1 Å². The van der Waals surface area contributed by atoms with Crippen LogP contribution < -0.4 is 15.2 Å². The molecule has 0 aliphatic rings. The van der Waals surface area contributed by atoms with Crippen LogP contribution in [0.3, 0.4) is 0 Å². The number of thiazole rings is 1. The van der Waals surface area contributed by atoms with E-state index in [-0.39, 0.29) is 0 Å². The zero-order chi connectivity index (χ0) is 13.7. The largest absolute Gasteiger partial charge is 0.493 e. The summed E-state index contributed by atoms with van der Waals surface area (Å²) >= 11 is 7.77. The lowest BCUT2D eigenvalue weighted by Gasteiger charge is -2.13. The second-order valence-electron chi connectivity index (χ2n) is 3.90. The Balaban J connectivity index is 2.18. The summed E-state index contributed by atoms with van der Waals surface area (Å²) in [6.07, 6.45) is 2.53. The van der Waals surface area contributed by atoms with Crippen LogP contribution in [0.15, 0.2) is 23.8 Å². The van der Waals surface area contributed by atoms with Crippen LogP contribution in [0.4, 0.5) is 0 Å². The number of halogens is 1. The summed E-state index contributed by atoms with van der Waals surface area (Å²) in [5.74, 6) is 1.18. The summed E-state index contributed by atoms with van der Waals surface area (Å²) in [6, 6.07) is 3.76. The van der Waals surface area contributed by atoms with Crippen molar-refractivity contribution in [2.75, 3.05) is 13.7 Å². The van der Waals surface area contributed by atoms with Gasteiger partial charge in [0, 0.05) is 6.20 Å². The molecule has 2 aromatic rings. The van der Waals surface area contributed by atoms with Gasteiger partial charge in [-0.25, -0.2) is 0 Å². The van der Waals surface area contributed by atoms with Gasteiger partial charge >= 0.3 is 0 Å². The molecule has 0 saturated carbocycles. The van der Waals surface area contributed by atoms with Gasteiger partial charge in [0.05, 0.1) is 22.5 Å². The first-order valence-corrected chi connectivity index (χ1v) is 7.07. The van der Waals surface area contributed by atoms with E-state index in [1.165, 1.54) is 11.3 Å². The van der Waals surface area contributed by atoms with Crippen LogP contribution in [-0.2, 0) is 13.0 Å². The fraction of sp³-hybridized carbons (Fsp3) is 0.308. The van der Waals surface area contributed by atoms with Gasteiger partial charge in [0.2, 0.25) is 0 Å². The van der Waals surface area contributed by atoms with Crippen LogP contribution in [0.2, 0.25) is 5.02 Å². The van der Waals surface area contributed by atoms with Crippen LogP contribution in [0.25, 0.3) is 0 Å². The molecular weight excluding hydrogens is 284 g/mol. The van der Waals surface area contributed by atoms with Crippen LogP contribution in [-0.4, -0.2) is 18.6 Å². The van der Waals surface area contributed by atoms with E-state index < -0.39 is 0 Å². The van der Waals surface area contributed by atoms with E-state index >= 15 is 0 Å². The highest BCUT2D eigenvalue weighted by atomic mass is 35.5. The number of ether oxygens (including phenoxy) is 2. The first-order valence-electron chi connectivity index (χ1n) is 5.81. The predicted octanol–water partition coefficient (Wildman–Crippen LogP) is 2.89. The number of benzene rings is 1. The van der Waals surface area contributed by atoms with Crippen molar-refractivity contribution in [3.8, 4) is 11.5 Å². The average Bonchev–Trinajstić information content (AvgIpc) is 2.90. The molecule has 0 amide bonds. The third kappa shape index (κ3) is 3.59. The Labute approximate surface area is 121 Å². The number of nitrogens with two attached hydrogens (primary N) is 1. The molecule has 1 aromatic carbocycles. The molecule has 2 N–H and O–H groups in total. The van der Waals surface area contributed by atoms with Crippen LogP contribution in [0, 0.1) is 0 Å². The molecule has 0 spiro atoms. The highest BCUT2D eigenvalue weighted by Crippen LogP contribution is 2.37. The van der Waals surface area contributed by atoms with Crippen LogP contribution >= 0.6 is 22.9 Å². The minimum Gasteiger partial charge on any atom is -0.493 e. The van der Waals surface area contributed by atoms with Gasteiger partial charge in [0.25, 0.3) is 0 Å². The second-order valence-corrected chi connectivity index (χ2v) is 5.28. The summed E-state index contributed by atoms with van der Waals surface area (Å²) in [5.41, 5.74) is 8.34. The highest BCUT2D eigenvalue weighted by Gasteiger charge is 2.12. The van der Waals surface area contributed by atoms with Gasteiger partial charge in [0.1, 0.15) is 6.61 Å². The van der Waals surface area contributed by atoms with E-state index in [0.29, 0.717) is 29.7 Å². The molecule has 1 aromatic heterocycles. The van der Waals surface area contributed by atoms with E-state index in [1.54, 1.807) is 18.8 Å². The number of aromatic nitrogens is 1. The molecule has 0 saturated heterocycles. The molecule has 0 unspecified atom stereocenters. The minimum atomic E-state index is 0.428. The van der Waals surface area contributed by atoms with Crippen molar-refractivity contribution < 1.29 is 9.47 Å². The number of rotatable bonds is 6. The lowest BCUT2D eigenvalue weighted by molar-refractivity contribution is 0.287. The topological polar surface area (TPSA) is 57.4 Å². The molecule has 4 nitrogen and oxygen atoms in total. The SMILES string of the molecule is COc1cc(CCN)cc(Cl)c1OCc1cncs1. The summed E-state index contributed by atoms with van der Waals surface area (Å²) < 4.78 is 11.0. The third-order valence-electron chi connectivity index (χ3n) is 2.56. The normalized spacial score (nSPS) is 10.5. The van der Waals surface area contributed by atoms with Gasteiger partial charge in [0.15, 0.2) is 11.5 Å². The Kier molecular flexibility index (Phi) is 5.01. The van der Waals surface area contributed by atoms with Crippen molar-refractivity contribution in [3.63, 3.8) is 0 Å². The molecule has 0 aliphatic carbocycles. The summed E-state index contributed by atoms with van der Waals surface area (Å²) in [5, 5.41) is 0.535. The number of hydrogen-bond acceptors (Lipinski definition) is 5. The standard InChI is InChI=1S/C13H15ClN2O2S/c1-17-12-5-9(2-3-15)4-11(14)13(12)18-7-10-6-16-8-19-10/h4-6,8H,2-3,7,15H2,1H3. The molecule has 0 fully saturated rings. The zero-order valence-electron chi connectivity index (χ0n) is 10.6. The maximum atomic E-state index is 6.23. The Hall–Kier alpha value is -1.30. The zero-order valence-corrected chi connectivity index (χ0v) is 12.1. The Bertz CT molecular complexity index is 532. The first-order chi connectivity index (χ1) is 9.24. The van der Waals surface area contributed by atoms with E-state index in [0.717, 1.165) is 16.9 Å². The predicted molar refractivity (Wildman–Crippen MR) is 77.2 cm³/mol. The van der Waals surface area contributed by atoms with Crippen molar-refractivity contribution in [1.29, 1.82) is 0 Å². The summed E-state index contributed by atoms with van der Waals surface area (Å²) in [6.45, 7) is 0.998. The monoisotopic (exact) mass is 298 g/mol. The molecular formula is C13H15ClN2O2S. The van der Waals surface area contributed by atoms with Gasteiger partial charge < -0.3 is 15.2 Å². The quantitative estimate of drug-likeness (QED) is 0.891. The number of methoxy groups -OCH3 is 1. The Morgan fingerprint density at radius 1 is 1.42 bits per heavy atom. The van der Waals surface area contributed by atoms with Crippen molar-refractivity contribution in [3.05, 3.63) is 39.3 Å². The lowest BCUT2D eigenvalue weighted by atomic mass is 10.1. The number of nitrogens with zero attached hydrogens (tertiary/aromatic N) is 1. The molecule has 0 radical (unpaired) electrons. The van der Waals surface area contributed by atoms with Crippen LogP contribution in [0.5, 0.6) is 11.5 Å². The van der Waals surface area contributed by atoms with Gasteiger partial charge in [-0.05, 0) is 30.7 Å². The van der Waals surface area contributed by atoms with Crippen molar-refractivity contribution in [1.82, 2.24) is 4.98 Å². The smallest absolute Gasteiger partial charge is 0.180 e. The minimum absolute atomic E-state index is 0.428. The van der Waals surface area contributed by atoms with Gasteiger partial charge in [-0.1, -0.05) is 11.6 Å². The molecule has 0 atom stereocenters. The van der Waals surface area contributed by atoms with E-state index in [4.69, 9.17) is 26.8 Å². The lowest BCUT2D eigenvalue weighted by Crippen LogP contribution is -2.04. The highest BCUT2D eigenvalue weighted by molar-refractivity contribution is 7.09. The van der Waals surface area contributed by atoms with Crippen molar-refractivity contribution in [2.24, 2.45) is 5.73 Å². The second kappa shape index (κ2) is 6.75. The molecule has 2 rings (SSSR count). The Morgan fingerprint density at radius 3 is 2.89 bits per heavy atom. The molecule has 0 bridgehead atoms. The number of hydrogen-bond donors (Lipinski definition) is 1. The molecule has 19 heavy (non-hydrogen) atoms. The van der Waals surface area contributed by atoms with Crippen molar-refractivity contribution in [2.45, 2.75) is 13.0 Å². The van der Waals surface area contributed by atoms with Gasteiger partial charge in [-0.2, -0.15) is 0 Å². The molecule has 1 heterocycles. The molecule has 6 heteroatoms. The fourth-order valence-electron chi connectivity index (χ4n) is 1.68. The van der Waals surface area contributed by atoms with Gasteiger partial charge in [-0.3, -0.25) is 4.98 Å². The molecule has 102 valence electrons. The van der Waals surface area contributed by atoms with Crippen LogP contribution in [0.1, 0.15) is 10.4 Å². The Morgan fingerprint density at radius 2 is 2.26 bits per heavy atom. The molecule has 0 aliphatic heterocycles. The first kappa shape index (κ1) is 14.1. The van der Waals surface area contributed by atoms with E-state index in [9.17, 15) is 0 Å². The average molecular weight is 299 g/mol.